The Morgan fingerprint density at radius 1 is 1.04 bits per heavy atom. The monoisotopic (exact) mass is 339 g/mol. The van der Waals surface area contributed by atoms with Crippen molar-refractivity contribution >= 4 is 5.69 Å². The van der Waals surface area contributed by atoms with Crippen LogP contribution in [-0.2, 0) is 12.8 Å². The zero-order valence-electron chi connectivity index (χ0n) is 15.1. The molecule has 2 aromatic rings. The van der Waals surface area contributed by atoms with Gasteiger partial charge in [-0.1, -0.05) is 30.2 Å². The highest BCUT2D eigenvalue weighted by Gasteiger charge is 2.13. The molecular formula is C22H23F2N. The number of anilines is 1. The first kappa shape index (κ1) is 18.7. The molecule has 2 aromatic carbocycles. The summed E-state index contributed by atoms with van der Waals surface area (Å²) in [4.78, 5) is 0. The molecule has 0 aliphatic carbocycles. The van der Waals surface area contributed by atoms with Gasteiger partial charge >= 0.3 is 0 Å². The second-order valence-electron chi connectivity index (χ2n) is 6.57. The standard InChI is InChI=1S/C22H23F2N/c1-6-25-22-15(4)9-18(10-16(22)5)11-19-20(23)12-17(13-21(19)24)8-7-14(2)3/h1,7,9-10,12-13,25H,8,11H2,2-5H3. The van der Waals surface area contributed by atoms with E-state index >= 15 is 0 Å². The van der Waals surface area contributed by atoms with Gasteiger partial charge in [-0.2, -0.15) is 0 Å². The lowest BCUT2D eigenvalue weighted by Crippen LogP contribution is -2.02. The van der Waals surface area contributed by atoms with Gasteiger partial charge in [0.15, 0.2) is 0 Å². The van der Waals surface area contributed by atoms with E-state index in [4.69, 9.17) is 6.42 Å². The van der Waals surface area contributed by atoms with Crippen LogP contribution in [0.4, 0.5) is 14.5 Å². The van der Waals surface area contributed by atoms with Gasteiger partial charge in [-0.3, -0.25) is 0 Å². The molecule has 0 spiro atoms. The van der Waals surface area contributed by atoms with Crippen molar-refractivity contribution in [2.75, 3.05) is 5.32 Å². The first-order chi connectivity index (χ1) is 11.8. The molecule has 0 saturated carbocycles. The van der Waals surface area contributed by atoms with Crippen LogP contribution in [0, 0.1) is 37.9 Å². The first-order valence-corrected chi connectivity index (χ1v) is 8.23. The van der Waals surface area contributed by atoms with E-state index in [1.165, 1.54) is 12.1 Å². The third-order valence-corrected chi connectivity index (χ3v) is 4.12. The van der Waals surface area contributed by atoms with Crippen LogP contribution >= 0.6 is 0 Å². The highest BCUT2D eigenvalue weighted by atomic mass is 19.1. The Bertz CT molecular complexity index is 807. The van der Waals surface area contributed by atoms with Gasteiger partial charge in [0.2, 0.25) is 0 Å². The van der Waals surface area contributed by atoms with Gasteiger partial charge in [-0.15, -0.1) is 0 Å². The highest BCUT2D eigenvalue weighted by Crippen LogP contribution is 2.25. The zero-order chi connectivity index (χ0) is 18.6. The minimum atomic E-state index is -0.502. The molecule has 2 rings (SSSR count). The lowest BCUT2D eigenvalue weighted by molar-refractivity contribution is 0.559. The van der Waals surface area contributed by atoms with Crippen LogP contribution < -0.4 is 5.32 Å². The fraction of sp³-hybridized carbons (Fsp3) is 0.273. The molecular weight excluding hydrogens is 316 g/mol. The Kier molecular flexibility index (Phi) is 5.98. The molecule has 25 heavy (non-hydrogen) atoms. The van der Waals surface area contributed by atoms with Crippen molar-refractivity contribution in [1.29, 1.82) is 0 Å². The number of allylic oxidation sites excluding steroid dienone is 2. The fourth-order valence-electron chi connectivity index (χ4n) is 2.89. The van der Waals surface area contributed by atoms with Crippen molar-refractivity contribution in [3.8, 4) is 12.5 Å². The van der Waals surface area contributed by atoms with Gasteiger partial charge < -0.3 is 5.32 Å². The molecule has 0 saturated heterocycles. The molecule has 0 aromatic heterocycles. The molecule has 0 fully saturated rings. The van der Waals surface area contributed by atoms with Gasteiger partial charge in [0.25, 0.3) is 0 Å². The SMILES string of the molecule is C#CNc1c(C)cc(Cc2c(F)cc(CC=C(C)C)cc2F)cc1C. The van der Waals surface area contributed by atoms with E-state index in [2.05, 4.69) is 11.4 Å². The summed E-state index contributed by atoms with van der Waals surface area (Å²) in [6.45, 7) is 7.77. The number of aryl methyl sites for hydroxylation is 2. The molecule has 130 valence electrons. The third-order valence-electron chi connectivity index (χ3n) is 4.12. The number of rotatable bonds is 5. The van der Waals surface area contributed by atoms with Gasteiger partial charge in [-0.25, -0.2) is 8.78 Å². The molecule has 0 amide bonds. The minimum Gasteiger partial charge on any atom is -0.315 e. The van der Waals surface area contributed by atoms with E-state index in [0.717, 1.165) is 28.0 Å². The minimum absolute atomic E-state index is 0.0948. The summed E-state index contributed by atoms with van der Waals surface area (Å²) in [6, 6.07) is 9.06. The zero-order valence-corrected chi connectivity index (χ0v) is 15.1. The predicted molar refractivity (Wildman–Crippen MR) is 101 cm³/mol. The number of hydrogen-bond acceptors (Lipinski definition) is 1. The summed E-state index contributed by atoms with van der Waals surface area (Å²) >= 11 is 0. The van der Waals surface area contributed by atoms with Crippen LogP contribution in [0.1, 0.15) is 41.7 Å². The topological polar surface area (TPSA) is 12.0 Å². The van der Waals surface area contributed by atoms with E-state index in [1.54, 1.807) is 0 Å². The molecule has 0 bridgehead atoms. The average Bonchev–Trinajstić information content (AvgIpc) is 2.52. The number of hydrogen-bond donors (Lipinski definition) is 1. The van der Waals surface area contributed by atoms with E-state index in [1.807, 2.05) is 45.9 Å². The summed E-state index contributed by atoms with van der Waals surface area (Å²) < 4.78 is 28.8. The average molecular weight is 339 g/mol. The predicted octanol–water partition coefficient (Wildman–Crippen LogP) is 5.68. The van der Waals surface area contributed by atoms with Crippen LogP contribution in [0.3, 0.4) is 0 Å². The maximum Gasteiger partial charge on any atom is 0.129 e. The maximum atomic E-state index is 14.4. The van der Waals surface area contributed by atoms with Crippen LogP contribution in [-0.4, -0.2) is 0 Å². The molecule has 0 unspecified atom stereocenters. The molecule has 1 nitrogen and oxygen atoms in total. The maximum absolute atomic E-state index is 14.4. The van der Waals surface area contributed by atoms with Crippen molar-refractivity contribution in [3.63, 3.8) is 0 Å². The van der Waals surface area contributed by atoms with Crippen molar-refractivity contribution < 1.29 is 8.78 Å². The molecule has 1 N–H and O–H groups in total. The van der Waals surface area contributed by atoms with Crippen molar-refractivity contribution in [3.05, 3.63) is 75.4 Å². The number of halogens is 2. The van der Waals surface area contributed by atoms with Crippen molar-refractivity contribution in [2.45, 2.75) is 40.5 Å². The van der Waals surface area contributed by atoms with Crippen molar-refractivity contribution in [1.82, 2.24) is 0 Å². The molecule has 3 heteroatoms. The second kappa shape index (κ2) is 7.98. The van der Waals surface area contributed by atoms with Gasteiger partial charge in [0.05, 0.1) is 5.69 Å². The summed E-state index contributed by atoms with van der Waals surface area (Å²) in [5.74, 6) is -1.00. The molecule has 0 aliphatic heterocycles. The van der Waals surface area contributed by atoms with Crippen LogP contribution in [0.15, 0.2) is 35.9 Å². The summed E-state index contributed by atoms with van der Waals surface area (Å²) in [6.07, 6.45) is 7.98. The lowest BCUT2D eigenvalue weighted by Gasteiger charge is -2.13. The summed E-state index contributed by atoms with van der Waals surface area (Å²) in [5.41, 5.74) is 5.48. The Morgan fingerprint density at radius 3 is 2.08 bits per heavy atom. The molecule has 0 aliphatic rings. The highest BCUT2D eigenvalue weighted by molar-refractivity contribution is 5.61. The molecule has 0 atom stereocenters. The van der Waals surface area contributed by atoms with Gasteiger partial charge in [-0.05, 0) is 68.5 Å². The lowest BCUT2D eigenvalue weighted by atomic mass is 9.97. The van der Waals surface area contributed by atoms with Gasteiger partial charge in [0.1, 0.15) is 11.6 Å². The Morgan fingerprint density at radius 2 is 1.60 bits per heavy atom. The van der Waals surface area contributed by atoms with E-state index < -0.39 is 11.6 Å². The number of terminal acetylenes is 1. The largest absolute Gasteiger partial charge is 0.315 e. The molecule has 0 radical (unpaired) electrons. The number of nitrogens with one attached hydrogen (secondary N) is 1. The van der Waals surface area contributed by atoms with Crippen LogP contribution in [0.5, 0.6) is 0 Å². The van der Waals surface area contributed by atoms with Crippen LogP contribution in [0.2, 0.25) is 0 Å². The number of benzene rings is 2. The van der Waals surface area contributed by atoms with Crippen LogP contribution in [0.25, 0.3) is 0 Å². The van der Waals surface area contributed by atoms with Gasteiger partial charge in [0, 0.05) is 18.0 Å². The Labute approximate surface area is 148 Å². The Balaban J connectivity index is 2.32. The smallest absolute Gasteiger partial charge is 0.129 e. The van der Waals surface area contributed by atoms with E-state index in [9.17, 15) is 8.78 Å². The normalized spacial score (nSPS) is 10.3. The Hall–Kier alpha value is -2.60. The third kappa shape index (κ3) is 4.70. The first-order valence-electron chi connectivity index (χ1n) is 8.23. The quantitative estimate of drug-likeness (QED) is 0.419. The van der Waals surface area contributed by atoms with Crippen molar-refractivity contribution in [2.24, 2.45) is 0 Å². The summed E-state index contributed by atoms with van der Waals surface area (Å²) in [7, 11) is 0. The van der Waals surface area contributed by atoms with E-state index in [0.29, 0.717) is 12.0 Å². The fourth-order valence-corrected chi connectivity index (χ4v) is 2.89. The molecule has 0 heterocycles. The van der Waals surface area contributed by atoms with E-state index in [-0.39, 0.29) is 12.0 Å². The summed E-state index contributed by atoms with van der Waals surface area (Å²) in [5, 5.41) is 2.86. The second-order valence-corrected chi connectivity index (χ2v) is 6.57.